The molecule has 0 aliphatic rings. The molecule has 0 bridgehead atoms. The molecule has 1 N–H and O–H groups in total. The number of nitrogens with zero attached hydrogens (tertiary/aromatic N) is 2. The third-order valence-electron chi connectivity index (χ3n) is 2.36. The predicted molar refractivity (Wildman–Crippen MR) is 61.5 cm³/mol. The lowest BCUT2D eigenvalue weighted by molar-refractivity contribution is 0.0512. The van der Waals surface area contributed by atoms with Crippen molar-refractivity contribution in [2.45, 2.75) is 13.3 Å². The van der Waals surface area contributed by atoms with E-state index in [1.54, 1.807) is 6.92 Å². The van der Waals surface area contributed by atoms with Gasteiger partial charge in [-0.05, 0) is 30.7 Å². The van der Waals surface area contributed by atoms with Gasteiger partial charge in [0.05, 0.1) is 6.61 Å². The summed E-state index contributed by atoms with van der Waals surface area (Å²) in [5.74, 6) is -1.62. The summed E-state index contributed by atoms with van der Waals surface area (Å²) < 4.78 is 31.1. The summed E-state index contributed by atoms with van der Waals surface area (Å²) in [6, 6.07) is 3.14. The minimum atomic E-state index is -0.662. The summed E-state index contributed by atoms with van der Waals surface area (Å²) >= 11 is 0. The summed E-state index contributed by atoms with van der Waals surface area (Å²) in [5, 5.41) is 6.15. The number of carbonyl (C=O) groups excluding carboxylic acids is 1. The van der Waals surface area contributed by atoms with Crippen LogP contribution < -0.4 is 0 Å². The lowest BCUT2D eigenvalue weighted by Gasteiger charge is -2.00. The van der Waals surface area contributed by atoms with E-state index in [4.69, 9.17) is 4.74 Å². The van der Waals surface area contributed by atoms with Gasteiger partial charge in [0.15, 0.2) is 0 Å². The summed E-state index contributed by atoms with van der Waals surface area (Å²) in [6.45, 7) is 1.87. The molecular weight excluding hydrogens is 256 g/mol. The highest BCUT2D eigenvalue weighted by Crippen LogP contribution is 2.13. The number of aromatic nitrogens is 3. The molecule has 1 heterocycles. The van der Waals surface area contributed by atoms with Crippen LogP contribution in [-0.4, -0.2) is 27.8 Å². The van der Waals surface area contributed by atoms with Crippen LogP contribution in [0.5, 0.6) is 0 Å². The quantitative estimate of drug-likeness (QED) is 0.858. The molecule has 0 saturated carbocycles. The Morgan fingerprint density at radius 3 is 2.95 bits per heavy atom. The number of hydrogen-bond donors (Lipinski definition) is 1. The number of nitrogens with one attached hydrogen (secondary N) is 1. The summed E-state index contributed by atoms with van der Waals surface area (Å²) in [6.07, 6.45) is 0.00992. The molecule has 19 heavy (non-hydrogen) atoms. The van der Waals surface area contributed by atoms with Gasteiger partial charge < -0.3 is 4.74 Å². The standard InChI is InChI=1S/C12H11F2N3O2/c1-2-19-12(18)11-15-10(16-17-11)6-7-5-8(13)3-4-9(7)14/h3-5H,2,6H2,1H3,(H,15,16,17). The largest absolute Gasteiger partial charge is 0.460 e. The minimum Gasteiger partial charge on any atom is -0.460 e. The average Bonchev–Trinajstić information content (AvgIpc) is 2.83. The van der Waals surface area contributed by atoms with Crippen LogP contribution in [0.25, 0.3) is 0 Å². The zero-order valence-corrected chi connectivity index (χ0v) is 10.1. The van der Waals surface area contributed by atoms with Crippen LogP contribution in [0.1, 0.15) is 28.9 Å². The SMILES string of the molecule is CCOC(=O)c1n[nH]c(Cc2cc(F)ccc2F)n1. The number of esters is 1. The third kappa shape index (κ3) is 3.12. The highest BCUT2D eigenvalue weighted by Gasteiger charge is 2.14. The molecule has 0 saturated heterocycles. The molecular formula is C12H11F2N3O2. The molecule has 100 valence electrons. The summed E-state index contributed by atoms with van der Waals surface area (Å²) in [7, 11) is 0. The Morgan fingerprint density at radius 2 is 2.21 bits per heavy atom. The van der Waals surface area contributed by atoms with Crippen LogP contribution in [0.15, 0.2) is 18.2 Å². The van der Waals surface area contributed by atoms with Crippen molar-refractivity contribution >= 4 is 5.97 Å². The van der Waals surface area contributed by atoms with E-state index in [1.807, 2.05) is 0 Å². The first kappa shape index (κ1) is 13.1. The molecule has 0 amide bonds. The molecule has 7 heteroatoms. The Morgan fingerprint density at radius 1 is 1.42 bits per heavy atom. The van der Waals surface area contributed by atoms with E-state index >= 15 is 0 Å². The number of H-pyrrole nitrogens is 1. The van der Waals surface area contributed by atoms with E-state index in [-0.39, 0.29) is 30.2 Å². The smallest absolute Gasteiger partial charge is 0.378 e. The van der Waals surface area contributed by atoms with Gasteiger partial charge in [-0.15, -0.1) is 5.10 Å². The fourth-order valence-corrected chi connectivity index (χ4v) is 1.52. The molecule has 0 unspecified atom stereocenters. The highest BCUT2D eigenvalue weighted by molar-refractivity contribution is 5.84. The minimum absolute atomic E-state index is 0.00992. The molecule has 0 atom stereocenters. The van der Waals surface area contributed by atoms with Gasteiger partial charge in [0.2, 0.25) is 0 Å². The highest BCUT2D eigenvalue weighted by atomic mass is 19.1. The van der Waals surface area contributed by atoms with Crippen molar-refractivity contribution in [3.63, 3.8) is 0 Å². The third-order valence-corrected chi connectivity index (χ3v) is 2.36. The molecule has 2 aromatic rings. The summed E-state index contributed by atoms with van der Waals surface area (Å²) in [4.78, 5) is 15.2. The van der Waals surface area contributed by atoms with Crippen molar-refractivity contribution in [1.29, 1.82) is 0 Å². The first-order valence-electron chi connectivity index (χ1n) is 5.62. The van der Waals surface area contributed by atoms with E-state index in [2.05, 4.69) is 15.2 Å². The van der Waals surface area contributed by atoms with E-state index in [0.29, 0.717) is 0 Å². The Labute approximate surface area is 107 Å². The average molecular weight is 267 g/mol. The molecule has 0 radical (unpaired) electrons. The molecule has 0 fully saturated rings. The number of hydrogen-bond acceptors (Lipinski definition) is 4. The normalized spacial score (nSPS) is 10.5. The van der Waals surface area contributed by atoms with Gasteiger partial charge in [-0.25, -0.2) is 18.6 Å². The van der Waals surface area contributed by atoms with Crippen LogP contribution in [0.3, 0.4) is 0 Å². The zero-order valence-electron chi connectivity index (χ0n) is 10.1. The van der Waals surface area contributed by atoms with Gasteiger partial charge in [0.1, 0.15) is 17.5 Å². The zero-order chi connectivity index (χ0) is 13.8. The van der Waals surface area contributed by atoms with Crippen LogP contribution in [-0.2, 0) is 11.2 Å². The van der Waals surface area contributed by atoms with Crippen molar-refractivity contribution < 1.29 is 18.3 Å². The van der Waals surface area contributed by atoms with Gasteiger partial charge in [-0.1, -0.05) is 0 Å². The Bertz CT molecular complexity index is 598. The van der Waals surface area contributed by atoms with Crippen molar-refractivity contribution in [2.75, 3.05) is 6.61 Å². The van der Waals surface area contributed by atoms with E-state index in [1.165, 1.54) is 0 Å². The topological polar surface area (TPSA) is 67.9 Å². The van der Waals surface area contributed by atoms with Gasteiger partial charge in [-0.2, -0.15) is 0 Å². The molecule has 1 aromatic heterocycles. The first-order chi connectivity index (χ1) is 9.10. The second-order valence-corrected chi connectivity index (χ2v) is 3.74. The fourth-order valence-electron chi connectivity index (χ4n) is 1.52. The van der Waals surface area contributed by atoms with Gasteiger partial charge >= 0.3 is 5.97 Å². The van der Waals surface area contributed by atoms with Crippen LogP contribution in [0.4, 0.5) is 8.78 Å². The maximum atomic E-state index is 13.4. The van der Waals surface area contributed by atoms with Gasteiger partial charge in [0.25, 0.3) is 5.82 Å². The Balaban J connectivity index is 2.15. The second-order valence-electron chi connectivity index (χ2n) is 3.74. The predicted octanol–water partition coefficient (Wildman–Crippen LogP) is 1.85. The molecule has 1 aromatic carbocycles. The van der Waals surface area contributed by atoms with Gasteiger partial charge in [0, 0.05) is 6.42 Å². The maximum absolute atomic E-state index is 13.4. The van der Waals surface area contributed by atoms with Crippen molar-refractivity contribution in [2.24, 2.45) is 0 Å². The monoisotopic (exact) mass is 267 g/mol. The lowest BCUT2D eigenvalue weighted by atomic mass is 10.1. The molecule has 5 nitrogen and oxygen atoms in total. The molecule has 0 aliphatic heterocycles. The summed E-state index contributed by atoms with van der Waals surface area (Å²) in [5.41, 5.74) is 0.131. The van der Waals surface area contributed by atoms with E-state index in [9.17, 15) is 13.6 Å². The molecule has 0 spiro atoms. The van der Waals surface area contributed by atoms with Crippen LogP contribution in [0, 0.1) is 11.6 Å². The van der Waals surface area contributed by atoms with Crippen LogP contribution in [0.2, 0.25) is 0 Å². The van der Waals surface area contributed by atoms with Crippen molar-refractivity contribution in [1.82, 2.24) is 15.2 Å². The fraction of sp³-hybridized carbons (Fsp3) is 0.250. The Hall–Kier alpha value is -2.31. The van der Waals surface area contributed by atoms with Crippen molar-refractivity contribution in [3.8, 4) is 0 Å². The number of rotatable bonds is 4. The number of ether oxygens (including phenoxy) is 1. The second kappa shape index (κ2) is 5.55. The lowest BCUT2D eigenvalue weighted by Crippen LogP contribution is -2.06. The number of halogens is 2. The van der Waals surface area contributed by atoms with Gasteiger partial charge in [-0.3, -0.25) is 5.10 Å². The van der Waals surface area contributed by atoms with Crippen LogP contribution >= 0.6 is 0 Å². The maximum Gasteiger partial charge on any atom is 0.378 e. The first-order valence-corrected chi connectivity index (χ1v) is 5.62. The number of carbonyl (C=O) groups is 1. The van der Waals surface area contributed by atoms with E-state index < -0.39 is 17.6 Å². The number of aromatic amines is 1. The van der Waals surface area contributed by atoms with Crippen molar-refractivity contribution in [3.05, 3.63) is 47.0 Å². The number of benzene rings is 1. The molecule has 2 rings (SSSR count). The molecule has 0 aliphatic carbocycles. The Kier molecular flexibility index (Phi) is 3.84. The van der Waals surface area contributed by atoms with E-state index in [0.717, 1.165) is 18.2 Å².